The third-order valence-electron chi connectivity index (χ3n) is 4.84. The van der Waals surface area contributed by atoms with Gasteiger partial charge in [-0.05, 0) is 49.7 Å². The van der Waals surface area contributed by atoms with Gasteiger partial charge in [-0.2, -0.15) is 0 Å². The molecular weight excluding hydrogens is 312 g/mol. The highest BCUT2D eigenvalue weighted by Crippen LogP contribution is 2.29. The van der Waals surface area contributed by atoms with Crippen molar-refractivity contribution >= 4 is 11.8 Å². The lowest BCUT2D eigenvalue weighted by Gasteiger charge is -2.26. The molecule has 1 aromatic carbocycles. The first kappa shape index (κ1) is 19.5. The number of aryl methyl sites for hydroxylation is 1. The number of fused-ring (bicyclic) bond motifs is 1. The normalized spacial score (nSPS) is 16.2. The van der Waals surface area contributed by atoms with Crippen molar-refractivity contribution in [3.05, 3.63) is 35.4 Å². The molecule has 1 N–H and O–H groups in total. The van der Waals surface area contributed by atoms with Crippen LogP contribution in [0.5, 0.6) is 0 Å². The van der Waals surface area contributed by atoms with E-state index in [1.54, 1.807) is 0 Å². The predicted molar refractivity (Wildman–Crippen MR) is 101 cm³/mol. The Morgan fingerprint density at radius 2 is 1.84 bits per heavy atom. The molecule has 1 aliphatic rings. The van der Waals surface area contributed by atoms with Gasteiger partial charge in [-0.3, -0.25) is 9.59 Å². The van der Waals surface area contributed by atoms with Crippen molar-refractivity contribution in [1.29, 1.82) is 0 Å². The molecule has 1 aromatic rings. The molecule has 0 radical (unpaired) electrons. The number of nitrogens with one attached hydrogen (secondary N) is 1. The molecule has 2 rings (SSSR count). The van der Waals surface area contributed by atoms with Gasteiger partial charge in [0.1, 0.15) is 0 Å². The van der Waals surface area contributed by atoms with Gasteiger partial charge in [0.05, 0.1) is 6.04 Å². The number of amides is 2. The van der Waals surface area contributed by atoms with E-state index in [1.807, 2.05) is 11.0 Å². The highest BCUT2D eigenvalue weighted by molar-refractivity contribution is 5.79. The van der Waals surface area contributed by atoms with Crippen LogP contribution in [0.15, 0.2) is 24.3 Å². The third kappa shape index (κ3) is 5.87. The van der Waals surface area contributed by atoms with Gasteiger partial charge in [-0.1, -0.05) is 38.1 Å². The third-order valence-corrected chi connectivity index (χ3v) is 4.84. The van der Waals surface area contributed by atoms with Crippen molar-refractivity contribution in [3.63, 3.8) is 0 Å². The summed E-state index contributed by atoms with van der Waals surface area (Å²) in [6, 6.07) is 8.51. The summed E-state index contributed by atoms with van der Waals surface area (Å²) < 4.78 is 0. The van der Waals surface area contributed by atoms with Crippen LogP contribution < -0.4 is 5.32 Å². The van der Waals surface area contributed by atoms with Crippen molar-refractivity contribution in [2.45, 2.75) is 71.3 Å². The minimum absolute atomic E-state index is 0.0621. The van der Waals surface area contributed by atoms with E-state index in [2.05, 4.69) is 37.4 Å². The standard InChI is InChI=1S/C21H32N2O2/c1-3-15-23(16-4-2)21(25)14-8-13-20(24)22-19-12-7-10-17-9-5-6-11-18(17)19/h5-6,9,11,19H,3-4,7-8,10,12-16H2,1-2H3,(H,22,24). The maximum atomic E-state index is 12.3. The van der Waals surface area contributed by atoms with E-state index in [0.717, 1.165) is 45.2 Å². The Labute approximate surface area is 152 Å². The van der Waals surface area contributed by atoms with Crippen molar-refractivity contribution in [2.75, 3.05) is 13.1 Å². The molecule has 0 aromatic heterocycles. The Morgan fingerprint density at radius 3 is 2.56 bits per heavy atom. The van der Waals surface area contributed by atoms with E-state index >= 15 is 0 Å². The molecule has 1 atom stereocenters. The summed E-state index contributed by atoms with van der Waals surface area (Å²) in [6.45, 7) is 5.81. The number of rotatable bonds is 9. The summed E-state index contributed by atoms with van der Waals surface area (Å²) in [7, 11) is 0. The monoisotopic (exact) mass is 344 g/mol. The minimum atomic E-state index is 0.0621. The lowest BCUT2D eigenvalue weighted by Crippen LogP contribution is -2.33. The Kier molecular flexibility index (Phi) is 7.96. The molecule has 25 heavy (non-hydrogen) atoms. The van der Waals surface area contributed by atoms with Crippen LogP contribution >= 0.6 is 0 Å². The first-order valence-electron chi connectivity index (χ1n) is 9.80. The van der Waals surface area contributed by atoms with Crippen LogP contribution in [0.4, 0.5) is 0 Å². The van der Waals surface area contributed by atoms with Crippen LogP contribution in [0.25, 0.3) is 0 Å². The Bertz CT molecular complexity index is 565. The number of carbonyl (C=O) groups excluding carboxylic acids is 2. The highest BCUT2D eigenvalue weighted by atomic mass is 16.2. The zero-order valence-corrected chi connectivity index (χ0v) is 15.7. The molecule has 4 heteroatoms. The summed E-state index contributed by atoms with van der Waals surface area (Å²) >= 11 is 0. The van der Waals surface area contributed by atoms with Gasteiger partial charge in [-0.15, -0.1) is 0 Å². The van der Waals surface area contributed by atoms with Crippen molar-refractivity contribution < 1.29 is 9.59 Å². The smallest absolute Gasteiger partial charge is 0.222 e. The van der Waals surface area contributed by atoms with Crippen LogP contribution in [-0.4, -0.2) is 29.8 Å². The van der Waals surface area contributed by atoms with E-state index in [0.29, 0.717) is 19.3 Å². The van der Waals surface area contributed by atoms with E-state index in [-0.39, 0.29) is 17.9 Å². The molecule has 0 saturated heterocycles. The first-order chi connectivity index (χ1) is 12.2. The van der Waals surface area contributed by atoms with Gasteiger partial charge in [0.15, 0.2) is 0 Å². The van der Waals surface area contributed by atoms with Crippen LogP contribution in [0, 0.1) is 0 Å². The summed E-state index contributed by atoms with van der Waals surface area (Å²) in [5.74, 6) is 0.242. The molecule has 1 unspecified atom stereocenters. The molecule has 0 heterocycles. The molecule has 138 valence electrons. The van der Waals surface area contributed by atoms with Gasteiger partial charge < -0.3 is 10.2 Å². The molecule has 2 amide bonds. The maximum Gasteiger partial charge on any atom is 0.222 e. The molecule has 1 aliphatic carbocycles. The quantitative estimate of drug-likeness (QED) is 0.736. The lowest BCUT2D eigenvalue weighted by molar-refractivity contribution is -0.131. The largest absolute Gasteiger partial charge is 0.349 e. The Morgan fingerprint density at radius 1 is 1.12 bits per heavy atom. The molecule has 0 bridgehead atoms. The van der Waals surface area contributed by atoms with Crippen LogP contribution in [0.3, 0.4) is 0 Å². The second-order valence-corrected chi connectivity index (χ2v) is 6.95. The van der Waals surface area contributed by atoms with Gasteiger partial charge in [0, 0.05) is 25.9 Å². The molecule has 0 fully saturated rings. The van der Waals surface area contributed by atoms with Crippen molar-refractivity contribution in [1.82, 2.24) is 10.2 Å². The van der Waals surface area contributed by atoms with E-state index in [9.17, 15) is 9.59 Å². The molecule has 0 spiro atoms. The van der Waals surface area contributed by atoms with Crippen molar-refractivity contribution in [3.8, 4) is 0 Å². The van der Waals surface area contributed by atoms with Gasteiger partial charge >= 0.3 is 0 Å². The summed E-state index contributed by atoms with van der Waals surface area (Å²) in [5, 5.41) is 3.16. The van der Waals surface area contributed by atoms with Gasteiger partial charge in [-0.25, -0.2) is 0 Å². The van der Waals surface area contributed by atoms with Crippen LogP contribution in [-0.2, 0) is 16.0 Å². The van der Waals surface area contributed by atoms with E-state index in [1.165, 1.54) is 11.1 Å². The topological polar surface area (TPSA) is 49.4 Å². The van der Waals surface area contributed by atoms with Crippen molar-refractivity contribution in [2.24, 2.45) is 0 Å². The summed E-state index contributed by atoms with van der Waals surface area (Å²) in [5.41, 5.74) is 2.61. The molecule has 0 aliphatic heterocycles. The second kappa shape index (κ2) is 10.2. The fourth-order valence-electron chi connectivity index (χ4n) is 3.63. The van der Waals surface area contributed by atoms with E-state index < -0.39 is 0 Å². The second-order valence-electron chi connectivity index (χ2n) is 6.95. The minimum Gasteiger partial charge on any atom is -0.349 e. The lowest BCUT2D eigenvalue weighted by atomic mass is 9.87. The zero-order chi connectivity index (χ0) is 18.1. The van der Waals surface area contributed by atoms with Gasteiger partial charge in [0.25, 0.3) is 0 Å². The van der Waals surface area contributed by atoms with E-state index in [4.69, 9.17) is 0 Å². The zero-order valence-electron chi connectivity index (χ0n) is 15.7. The number of nitrogens with zero attached hydrogens (tertiary/aromatic N) is 1. The summed E-state index contributed by atoms with van der Waals surface area (Å²) in [4.78, 5) is 26.5. The summed E-state index contributed by atoms with van der Waals surface area (Å²) in [6.07, 6.45) is 6.70. The van der Waals surface area contributed by atoms with Crippen LogP contribution in [0.1, 0.15) is 76.0 Å². The molecular formula is C21H32N2O2. The molecule has 0 saturated carbocycles. The average molecular weight is 344 g/mol. The average Bonchev–Trinajstić information content (AvgIpc) is 2.62. The maximum absolute atomic E-state index is 12.3. The fourth-order valence-corrected chi connectivity index (χ4v) is 3.63. The highest BCUT2D eigenvalue weighted by Gasteiger charge is 2.21. The number of benzene rings is 1. The number of hydrogen-bond donors (Lipinski definition) is 1. The molecule has 4 nitrogen and oxygen atoms in total. The SMILES string of the molecule is CCCN(CCC)C(=O)CCCC(=O)NC1CCCc2ccccc21. The Balaban J connectivity index is 1.77. The fraction of sp³-hybridized carbons (Fsp3) is 0.619. The Hall–Kier alpha value is -1.84. The first-order valence-corrected chi connectivity index (χ1v) is 9.80. The van der Waals surface area contributed by atoms with Gasteiger partial charge in [0.2, 0.25) is 11.8 Å². The van der Waals surface area contributed by atoms with Crippen LogP contribution in [0.2, 0.25) is 0 Å². The predicted octanol–water partition coefficient (Wildman–Crippen LogP) is 4.00. The number of carbonyl (C=O) groups is 2. The number of hydrogen-bond acceptors (Lipinski definition) is 2.